The number of allylic oxidation sites excluding steroid dienone is 1. The lowest BCUT2D eigenvalue weighted by atomic mass is 9.93. The van der Waals surface area contributed by atoms with Gasteiger partial charge in [0.2, 0.25) is 22.1 Å². The van der Waals surface area contributed by atoms with E-state index in [1.165, 1.54) is 25.3 Å². The quantitative estimate of drug-likeness (QED) is 0.276. The third-order valence-electron chi connectivity index (χ3n) is 5.58. The van der Waals surface area contributed by atoms with Crippen molar-refractivity contribution in [2.24, 2.45) is 0 Å². The van der Waals surface area contributed by atoms with Gasteiger partial charge in [0.05, 0.1) is 25.2 Å². The Hall–Kier alpha value is -2.70. The molecule has 2 atom stereocenters. The molecule has 1 heterocycles. The molecule has 200 valence electrons. The van der Waals surface area contributed by atoms with Crippen LogP contribution >= 0.6 is 15.9 Å². The van der Waals surface area contributed by atoms with Gasteiger partial charge in [-0.25, -0.2) is 13.2 Å². The van der Waals surface area contributed by atoms with Crippen LogP contribution in [-0.2, 0) is 29.0 Å². The van der Waals surface area contributed by atoms with E-state index in [-0.39, 0.29) is 49.5 Å². The van der Waals surface area contributed by atoms with E-state index in [0.29, 0.717) is 12.2 Å². The minimum absolute atomic E-state index is 0.0177. The molecule has 1 aliphatic heterocycles. The van der Waals surface area contributed by atoms with E-state index in [2.05, 4.69) is 22.5 Å². The first-order valence-electron chi connectivity index (χ1n) is 11.6. The number of carbonyl (C=O) groups is 1. The zero-order valence-corrected chi connectivity index (χ0v) is 22.8. The van der Waals surface area contributed by atoms with Crippen LogP contribution in [0, 0.1) is 0 Å². The molecule has 0 aliphatic carbocycles. The monoisotopic (exact) mass is 595 g/mol. The standard InChI is InChI=1S/C26H30BrNO8S/c1-3-15-35-26(30)24-17-20(19-4-6-21(27)7-5-19)18-25(36-24)34-16-13-28(12-14-29)37(31,32)23-10-8-22(33-2)9-11-23/h3-11,17,20,25,29H,1,12-16,18H2,2H3/t20-,25+/m0/s1. The summed E-state index contributed by atoms with van der Waals surface area (Å²) in [6, 6.07) is 13.7. The molecule has 0 radical (unpaired) electrons. The summed E-state index contributed by atoms with van der Waals surface area (Å²) in [6.07, 6.45) is 2.75. The summed E-state index contributed by atoms with van der Waals surface area (Å²) < 4.78 is 50.1. The molecule has 2 aromatic carbocycles. The first kappa shape index (κ1) is 28.9. The molecule has 9 nitrogen and oxygen atoms in total. The van der Waals surface area contributed by atoms with E-state index >= 15 is 0 Å². The molecule has 1 N–H and O–H groups in total. The Morgan fingerprint density at radius 2 is 1.89 bits per heavy atom. The number of halogens is 1. The molecule has 0 spiro atoms. The summed E-state index contributed by atoms with van der Waals surface area (Å²) >= 11 is 3.42. The number of hydrogen-bond donors (Lipinski definition) is 1. The van der Waals surface area contributed by atoms with Crippen molar-refractivity contribution in [3.05, 3.63) is 83.1 Å². The number of esters is 1. The maximum Gasteiger partial charge on any atom is 0.373 e. The predicted molar refractivity (Wildman–Crippen MR) is 140 cm³/mol. The molecule has 0 unspecified atom stereocenters. The van der Waals surface area contributed by atoms with Crippen molar-refractivity contribution in [1.29, 1.82) is 0 Å². The summed E-state index contributed by atoms with van der Waals surface area (Å²) in [5.41, 5.74) is 0.957. The fourth-order valence-corrected chi connectivity index (χ4v) is 5.38. The Morgan fingerprint density at radius 3 is 2.51 bits per heavy atom. The predicted octanol–water partition coefficient (Wildman–Crippen LogP) is 3.60. The van der Waals surface area contributed by atoms with Crippen molar-refractivity contribution in [2.75, 3.05) is 40.0 Å². The van der Waals surface area contributed by atoms with Gasteiger partial charge in [-0.15, -0.1) is 0 Å². The number of aliphatic hydroxyl groups excluding tert-OH is 1. The number of benzene rings is 2. The van der Waals surface area contributed by atoms with Crippen LogP contribution in [0.5, 0.6) is 5.75 Å². The Kier molecular flexibility index (Phi) is 10.7. The lowest BCUT2D eigenvalue weighted by Crippen LogP contribution is -2.37. The van der Waals surface area contributed by atoms with Crippen LogP contribution in [0.2, 0.25) is 0 Å². The zero-order valence-electron chi connectivity index (χ0n) is 20.4. The lowest BCUT2D eigenvalue weighted by Gasteiger charge is -2.30. The Labute approximate surface area is 225 Å². The second kappa shape index (κ2) is 13.7. The van der Waals surface area contributed by atoms with Crippen LogP contribution in [-0.4, -0.2) is 70.1 Å². The number of ether oxygens (including phenoxy) is 4. The van der Waals surface area contributed by atoms with Gasteiger partial charge in [0.1, 0.15) is 12.4 Å². The van der Waals surface area contributed by atoms with E-state index < -0.39 is 22.3 Å². The molecule has 2 aromatic rings. The summed E-state index contributed by atoms with van der Waals surface area (Å²) in [5, 5.41) is 9.46. The number of rotatable bonds is 13. The molecule has 11 heteroatoms. The first-order valence-corrected chi connectivity index (χ1v) is 13.8. The highest BCUT2D eigenvalue weighted by Crippen LogP contribution is 2.32. The highest BCUT2D eigenvalue weighted by Gasteiger charge is 2.30. The van der Waals surface area contributed by atoms with Crippen molar-refractivity contribution in [2.45, 2.75) is 23.5 Å². The fraction of sp³-hybridized carbons (Fsp3) is 0.346. The minimum Gasteiger partial charge on any atom is -0.497 e. The molecule has 37 heavy (non-hydrogen) atoms. The molecule has 0 amide bonds. The number of methoxy groups -OCH3 is 1. The average Bonchev–Trinajstić information content (AvgIpc) is 2.91. The number of hydrogen-bond acceptors (Lipinski definition) is 8. The van der Waals surface area contributed by atoms with Crippen LogP contribution in [0.1, 0.15) is 17.9 Å². The maximum atomic E-state index is 13.1. The van der Waals surface area contributed by atoms with Gasteiger partial charge in [0.25, 0.3) is 0 Å². The molecular formula is C26H30BrNO8S. The van der Waals surface area contributed by atoms with Crippen molar-refractivity contribution in [1.82, 2.24) is 4.31 Å². The van der Waals surface area contributed by atoms with E-state index in [0.717, 1.165) is 14.3 Å². The SMILES string of the molecule is C=CCOC(=O)C1=C[C@H](c2ccc(Br)cc2)C[C@H](OCCN(CCO)S(=O)(=O)c2ccc(OC)cc2)O1. The summed E-state index contributed by atoms with van der Waals surface area (Å²) in [5.74, 6) is -0.278. The van der Waals surface area contributed by atoms with E-state index in [9.17, 15) is 18.3 Å². The third-order valence-corrected chi connectivity index (χ3v) is 8.02. The number of nitrogens with zero attached hydrogens (tertiary/aromatic N) is 1. The third kappa shape index (κ3) is 7.89. The summed E-state index contributed by atoms with van der Waals surface area (Å²) in [6.45, 7) is 3.06. The van der Waals surface area contributed by atoms with Crippen molar-refractivity contribution in [3.8, 4) is 5.75 Å². The van der Waals surface area contributed by atoms with Gasteiger partial charge in [0.15, 0.2) is 0 Å². The van der Waals surface area contributed by atoms with Crippen LogP contribution in [0.3, 0.4) is 0 Å². The summed E-state index contributed by atoms with van der Waals surface area (Å²) in [4.78, 5) is 12.6. The topological polar surface area (TPSA) is 112 Å². The van der Waals surface area contributed by atoms with Gasteiger partial charge in [-0.1, -0.05) is 40.7 Å². The molecule has 0 bridgehead atoms. The van der Waals surface area contributed by atoms with Crippen LogP contribution < -0.4 is 4.74 Å². The smallest absolute Gasteiger partial charge is 0.373 e. The average molecular weight is 596 g/mol. The maximum absolute atomic E-state index is 13.1. The highest BCUT2D eigenvalue weighted by molar-refractivity contribution is 9.10. The molecule has 0 fully saturated rings. The Bertz CT molecular complexity index is 1180. The van der Waals surface area contributed by atoms with Crippen molar-refractivity contribution >= 4 is 31.9 Å². The van der Waals surface area contributed by atoms with Crippen molar-refractivity contribution < 1.29 is 37.3 Å². The van der Waals surface area contributed by atoms with E-state index in [4.69, 9.17) is 18.9 Å². The van der Waals surface area contributed by atoms with Gasteiger partial charge >= 0.3 is 5.97 Å². The highest BCUT2D eigenvalue weighted by atomic mass is 79.9. The zero-order chi connectivity index (χ0) is 26.8. The lowest BCUT2D eigenvalue weighted by molar-refractivity contribution is -0.160. The van der Waals surface area contributed by atoms with E-state index in [1.807, 2.05) is 24.3 Å². The summed E-state index contributed by atoms with van der Waals surface area (Å²) in [7, 11) is -2.39. The van der Waals surface area contributed by atoms with Crippen LogP contribution in [0.4, 0.5) is 0 Å². The number of carbonyl (C=O) groups excluding carboxylic acids is 1. The van der Waals surface area contributed by atoms with Gasteiger partial charge in [-0.2, -0.15) is 4.31 Å². The Balaban J connectivity index is 1.71. The number of sulfonamides is 1. The van der Waals surface area contributed by atoms with Gasteiger partial charge in [-0.3, -0.25) is 0 Å². The Morgan fingerprint density at radius 1 is 1.19 bits per heavy atom. The molecule has 3 rings (SSSR count). The van der Waals surface area contributed by atoms with Gasteiger partial charge in [0, 0.05) is 29.9 Å². The van der Waals surface area contributed by atoms with Crippen LogP contribution in [0.15, 0.2) is 82.4 Å². The van der Waals surface area contributed by atoms with Crippen molar-refractivity contribution in [3.63, 3.8) is 0 Å². The van der Waals surface area contributed by atoms with Gasteiger partial charge < -0.3 is 24.1 Å². The molecule has 0 saturated heterocycles. The van der Waals surface area contributed by atoms with E-state index in [1.54, 1.807) is 18.2 Å². The second-order valence-corrected chi connectivity index (χ2v) is 10.9. The first-order chi connectivity index (χ1) is 17.8. The largest absolute Gasteiger partial charge is 0.497 e. The second-order valence-electron chi connectivity index (χ2n) is 8.03. The molecule has 1 aliphatic rings. The molecular weight excluding hydrogens is 566 g/mol. The normalized spacial score (nSPS) is 17.6. The molecule has 0 saturated carbocycles. The number of aliphatic hydroxyl groups is 1. The van der Waals surface area contributed by atoms with Crippen LogP contribution in [0.25, 0.3) is 0 Å². The van der Waals surface area contributed by atoms with Gasteiger partial charge in [-0.05, 0) is 48.0 Å². The fourth-order valence-electron chi connectivity index (χ4n) is 3.70. The minimum atomic E-state index is -3.89. The molecule has 0 aromatic heterocycles.